The molecule has 0 aliphatic carbocycles. The SMILES string of the molecule is COc1ccc(N2CCN(C(=O)C3CCCSC3)CC2)cc1. The van der Waals surface area contributed by atoms with E-state index in [-0.39, 0.29) is 5.92 Å². The number of thioether (sulfide) groups is 1. The first kappa shape index (κ1) is 15.5. The zero-order valence-corrected chi connectivity index (χ0v) is 14.0. The molecule has 0 N–H and O–H groups in total. The van der Waals surface area contributed by atoms with Crippen LogP contribution in [0.3, 0.4) is 0 Å². The topological polar surface area (TPSA) is 32.8 Å². The first-order valence-electron chi connectivity index (χ1n) is 8.03. The van der Waals surface area contributed by atoms with Gasteiger partial charge in [0.05, 0.1) is 7.11 Å². The molecule has 2 aliphatic rings. The number of methoxy groups -OCH3 is 1. The number of anilines is 1. The molecule has 0 aromatic heterocycles. The van der Waals surface area contributed by atoms with Crippen LogP contribution in [0.15, 0.2) is 24.3 Å². The van der Waals surface area contributed by atoms with Gasteiger partial charge in [-0.1, -0.05) is 0 Å². The Bertz CT molecular complexity index is 492. The lowest BCUT2D eigenvalue weighted by atomic mass is 10.0. The summed E-state index contributed by atoms with van der Waals surface area (Å²) < 4.78 is 5.20. The number of carbonyl (C=O) groups excluding carboxylic acids is 1. The van der Waals surface area contributed by atoms with Crippen LogP contribution in [0, 0.1) is 5.92 Å². The molecule has 5 heteroatoms. The van der Waals surface area contributed by atoms with Gasteiger partial charge < -0.3 is 14.5 Å². The fourth-order valence-electron chi connectivity index (χ4n) is 3.17. The van der Waals surface area contributed by atoms with E-state index in [0.717, 1.165) is 44.1 Å². The zero-order chi connectivity index (χ0) is 15.4. The van der Waals surface area contributed by atoms with Crippen molar-refractivity contribution in [2.24, 2.45) is 5.92 Å². The van der Waals surface area contributed by atoms with Gasteiger partial charge >= 0.3 is 0 Å². The zero-order valence-electron chi connectivity index (χ0n) is 13.2. The molecule has 1 aromatic carbocycles. The lowest BCUT2D eigenvalue weighted by Crippen LogP contribution is -2.51. The van der Waals surface area contributed by atoms with E-state index in [1.54, 1.807) is 7.11 Å². The van der Waals surface area contributed by atoms with Crippen LogP contribution in [0.25, 0.3) is 0 Å². The Balaban J connectivity index is 1.54. The number of amides is 1. The Morgan fingerprint density at radius 3 is 2.50 bits per heavy atom. The normalized spacial score (nSPS) is 22.5. The van der Waals surface area contributed by atoms with Gasteiger partial charge in [0.15, 0.2) is 0 Å². The molecular weight excluding hydrogens is 296 g/mol. The molecule has 0 spiro atoms. The van der Waals surface area contributed by atoms with Crippen LogP contribution >= 0.6 is 11.8 Å². The summed E-state index contributed by atoms with van der Waals surface area (Å²) in [7, 11) is 1.68. The molecule has 1 unspecified atom stereocenters. The van der Waals surface area contributed by atoms with E-state index < -0.39 is 0 Å². The first-order chi connectivity index (χ1) is 10.8. The minimum Gasteiger partial charge on any atom is -0.497 e. The Morgan fingerprint density at radius 1 is 1.18 bits per heavy atom. The van der Waals surface area contributed by atoms with Crippen LogP contribution in [0.2, 0.25) is 0 Å². The molecule has 120 valence electrons. The van der Waals surface area contributed by atoms with Crippen molar-refractivity contribution < 1.29 is 9.53 Å². The smallest absolute Gasteiger partial charge is 0.226 e. The molecule has 1 aromatic rings. The van der Waals surface area contributed by atoms with Crippen LogP contribution < -0.4 is 9.64 Å². The van der Waals surface area contributed by atoms with Gasteiger partial charge in [0.1, 0.15) is 5.75 Å². The number of ether oxygens (including phenoxy) is 1. The minimum absolute atomic E-state index is 0.256. The van der Waals surface area contributed by atoms with E-state index in [2.05, 4.69) is 21.9 Å². The molecule has 0 bridgehead atoms. The van der Waals surface area contributed by atoms with E-state index in [9.17, 15) is 4.79 Å². The number of nitrogens with zero attached hydrogens (tertiary/aromatic N) is 2. The molecule has 2 aliphatic heterocycles. The molecular formula is C17H24N2O2S. The van der Waals surface area contributed by atoms with E-state index in [0.29, 0.717) is 5.91 Å². The summed E-state index contributed by atoms with van der Waals surface area (Å²) in [6, 6.07) is 8.17. The van der Waals surface area contributed by atoms with Gasteiger partial charge in [0.2, 0.25) is 5.91 Å². The standard InChI is InChI=1S/C17H24N2O2S/c1-21-16-6-4-15(5-7-16)18-8-10-19(11-9-18)17(20)14-3-2-12-22-13-14/h4-7,14H,2-3,8-13H2,1H3. The molecule has 2 saturated heterocycles. The summed E-state index contributed by atoms with van der Waals surface area (Å²) in [5, 5.41) is 0. The van der Waals surface area contributed by atoms with Crippen molar-refractivity contribution in [3.05, 3.63) is 24.3 Å². The monoisotopic (exact) mass is 320 g/mol. The van der Waals surface area contributed by atoms with Gasteiger partial charge in [0, 0.05) is 43.5 Å². The van der Waals surface area contributed by atoms with Crippen molar-refractivity contribution in [1.82, 2.24) is 4.90 Å². The predicted octanol–water partition coefficient (Wildman–Crippen LogP) is 2.49. The average molecular weight is 320 g/mol. The first-order valence-corrected chi connectivity index (χ1v) is 9.19. The molecule has 2 fully saturated rings. The third kappa shape index (κ3) is 3.51. The summed E-state index contributed by atoms with van der Waals surface area (Å²) in [5.41, 5.74) is 1.21. The van der Waals surface area contributed by atoms with E-state index in [1.807, 2.05) is 23.9 Å². The van der Waals surface area contributed by atoms with Crippen molar-refractivity contribution in [1.29, 1.82) is 0 Å². The third-order valence-electron chi connectivity index (χ3n) is 4.54. The average Bonchev–Trinajstić information content (AvgIpc) is 2.62. The fourth-order valence-corrected chi connectivity index (χ4v) is 4.30. The van der Waals surface area contributed by atoms with Crippen molar-refractivity contribution in [3.63, 3.8) is 0 Å². The lowest BCUT2D eigenvalue weighted by molar-refractivity contribution is -0.135. The maximum Gasteiger partial charge on any atom is 0.226 e. The van der Waals surface area contributed by atoms with Gasteiger partial charge in [-0.05, 0) is 42.9 Å². The van der Waals surface area contributed by atoms with Gasteiger partial charge in [0.25, 0.3) is 0 Å². The quantitative estimate of drug-likeness (QED) is 0.857. The highest BCUT2D eigenvalue weighted by atomic mass is 32.2. The molecule has 0 saturated carbocycles. The molecule has 1 atom stereocenters. The summed E-state index contributed by atoms with van der Waals surface area (Å²) >= 11 is 1.93. The lowest BCUT2D eigenvalue weighted by Gasteiger charge is -2.38. The molecule has 1 amide bonds. The summed E-state index contributed by atoms with van der Waals surface area (Å²) in [4.78, 5) is 17.0. The molecule has 3 rings (SSSR count). The second-order valence-electron chi connectivity index (χ2n) is 5.92. The van der Waals surface area contributed by atoms with Crippen LogP contribution in [-0.2, 0) is 4.79 Å². The van der Waals surface area contributed by atoms with Crippen LogP contribution in [0.4, 0.5) is 5.69 Å². The largest absolute Gasteiger partial charge is 0.497 e. The van der Waals surface area contributed by atoms with Crippen molar-refractivity contribution in [2.45, 2.75) is 12.8 Å². The number of carbonyl (C=O) groups is 1. The third-order valence-corrected chi connectivity index (χ3v) is 5.75. The predicted molar refractivity (Wildman–Crippen MR) is 91.8 cm³/mol. The number of hydrogen-bond donors (Lipinski definition) is 0. The Morgan fingerprint density at radius 2 is 1.91 bits per heavy atom. The van der Waals surface area contributed by atoms with Gasteiger partial charge in [-0.2, -0.15) is 11.8 Å². The van der Waals surface area contributed by atoms with Crippen molar-refractivity contribution in [2.75, 3.05) is 49.7 Å². The molecule has 2 heterocycles. The van der Waals surface area contributed by atoms with Crippen LogP contribution in [0.5, 0.6) is 5.75 Å². The Kier molecular flexibility index (Phi) is 5.13. The summed E-state index contributed by atoms with van der Waals surface area (Å²) in [6.45, 7) is 3.51. The summed E-state index contributed by atoms with van der Waals surface area (Å²) in [5.74, 6) is 3.74. The van der Waals surface area contributed by atoms with Crippen LogP contribution in [0.1, 0.15) is 12.8 Å². The van der Waals surface area contributed by atoms with E-state index in [1.165, 1.54) is 17.9 Å². The second kappa shape index (κ2) is 7.27. The summed E-state index contributed by atoms with van der Waals surface area (Å²) in [6.07, 6.45) is 2.26. The maximum absolute atomic E-state index is 12.6. The number of benzene rings is 1. The highest BCUT2D eigenvalue weighted by molar-refractivity contribution is 7.99. The Labute approximate surface area is 136 Å². The number of hydrogen-bond acceptors (Lipinski definition) is 4. The molecule has 22 heavy (non-hydrogen) atoms. The van der Waals surface area contributed by atoms with Crippen molar-refractivity contribution in [3.8, 4) is 5.75 Å². The maximum atomic E-state index is 12.6. The Hall–Kier alpha value is -1.36. The van der Waals surface area contributed by atoms with Gasteiger partial charge in [-0.25, -0.2) is 0 Å². The highest BCUT2D eigenvalue weighted by Crippen LogP contribution is 2.25. The number of piperazine rings is 1. The highest BCUT2D eigenvalue weighted by Gasteiger charge is 2.28. The minimum atomic E-state index is 0.256. The molecule has 0 radical (unpaired) electrons. The molecule has 4 nitrogen and oxygen atoms in total. The van der Waals surface area contributed by atoms with E-state index >= 15 is 0 Å². The van der Waals surface area contributed by atoms with Gasteiger partial charge in [-0.15, -0.1) is 0 Å². The van der Waals surface area contributed by atoms with E-state index in [4.69, 9.17) is 4.74 Å². The van der Waals surface area contributed by atoms with Gasteiger partial charge in [-0.3, -0.25) is 4.79 Å². The fraction of sp³-hybridized carbons (Fsp3) is 0.588. The van der Waals surface area contributed by atoms with Crippen LogP contribution in [-0.4, -0.2) is 55.6 Å². The van der Waals surface area contributed by atoms with Crippen molar-refractivity contribution >= 4 is 23.4 Å². The second-order valence-corrected chi connectivity index (χ2v) is 7.07. The number of rotatable bonds is 3.